The van der Waals surface area contributed by atoms with Gasteiger partial charge < -0.3 is 5.32 Å². The van der Waals surface area contributed by atoms with E-state index in [0.717, 1.165) is 5.56 Å². The second-order valence-electron chi connectivity index (χ2n) is 7.51. The van der Waals surface area contributed by atoms with Crippen LogP contribution in [0.1, 0.15) is 31.1 Å². The summed E-state index contributed by atoms with van der Waals surface area (Å²) in [5.41, 5.74) is 2.83. The summed E-state index contributed by atoms with van der Waals surface area (Å²) in [4.78, 5) is 39.1. The van der Waals surface area contributed by atoms with Crippen molar-refractivity contribution in [3.63, 3.8) is 0 Å². The van der Waals surface area contributed by atoms with E-state index in [9.17, 15) is 14.4 Å². The highest BCUT2D eigenvalue weighted by Crippen LogP contribution is 2.21. The number of hydrogen-bond donors (Lipinski definition) is 1. The normalized spacial score (nSPS) is 14.1. The van der Waals surface area contributed by atoms with E-state index in [0.29, 0.717) is 28.6 Å². The molecule has 0 spiro atoms. The zero-order chi connectivity index (χ0) is 22.1. The van der Waals surface area contributed by atoms with E-state index >= 15 is 0 Å². The number of fused-ring (bicyclic) bond motifs is 2. The van der Waals surface area contributed by atoms with E-state index in [4.69, 9.17) is 0 Å². The predicted molar refractivity (Wildman–Crippen MR) is 118 cm³/mol. The fraction of sp³-hybridized carbons (Fsp3) is 0.0800. The number of allylic oxidation sites excluding steroid dienone is 2. The Morgan fingerprint density at radius 1 is 0.875 bits per heavy atom. The second-order valence-corrected chi connectivity index (χ2v) is 7.51. The Balaban J connectivity index is 1.51. The third kappa shape index (κ3) is 3.50. The third-order valence-corrected chi connectivity index (χ3v) is 5.43. The summed E-state index contributed by atoms with van der Waals surface area (Å²) >= 11 is 0. The Kier molecular flexibility index (Phi) is 4.91. The van der Waals surface area contributed by atoms with Crippen molar-refractivity contribution in [2.45, 2.75) is 12.5 Å². The molecule has 1 N–H and O–H groups in total. The van der Waals surface area contributed by atoms with E-state index in [1.165, 1.54) is 10.8 Å². The van der Waals surface area contributed by atoms with Crippen LogP contribution in [-0.4, -0.2) is 38.5 Å². The molecule has 0 saturated heterocycles. The minimum Gasteiger partial charge on any atom is -0.370 e. The van der Waals surface area contributed by atoms with Gasteiger partial charge in [0.15, 0.2) is 5.78 Å². The van der Waals surface area contributed by atoms with Crippen LogP contribution in [0.2, 0.25) is 0 Å². The molecule has 0 amide bonds. The first-order valence-electron chi connectivity index (χ1n) is 10.2. The molecule has 32 heavy (non-hydrogen) atoms. The van der Waals surface area contributed by atoms with Gasteiger partial charge in [-0.05, 0) is 17.7 Å². The predicted octanol–water partition coefficient (Wildman–Crippen LogP) is 3.24. The van der Waals surface area contributed by atoms with E-state index in [2.05, 4.69) is 15.6 Å². The highest BCUT2D eigenvalue weighted by Gasteiger charge is 2.30. The van der Waals surface area contributed by atoms with Gasteiger partial charge in [-0.2, -0.15) is 4.68 Å². The topological polar surface area (TPSA) is 93.9 Å². The number of carbonyl (C=O) groups is 3. The van der Waals surface area contributed by atoms with E-state index in [1.807, 2.05) is 36.4 Å². The smallest absolute Gasteiger partial charge is 0.271 e. The van der Waals surface area contributed by atoms with Crippen molar-refractivity contribution in [3.8, 4) is 0 Å². The van der Waals surface area contributed by atoms with Gasteiger partial charge in [-0.15, -0.1) is 5.10 Å². The lowest BCUT2D eigenvalue weighted by molar-refractivity contribution is 0.0846. The molecule has 3 aromatic carbocycles. The summed E-state index contributed by atoms with van der Waals surface area (Å²) < 4.78 is 1.24. The molecule has 1 heterocycles. The largest absolute Gasteiger partial charge is 0.370 e. The van der Waals surface area contributed by atoms with Gasteiger partial charge >= 0.3 is 0 Å². The van der Waals surface area contributed by atoms with Gasteiger partial charge in [-0.25, -0.2) is 0 Å². The molecule has 5 rings (SSSR count). The maximum atomic E-state index is 13.5. The fourth-order valence-corrected chi connectivity index (χ4v) is 3.84. The molecule has 7 nitrogen and oxygen atoms in total. The van der Waals surface area contributed by atoms with Crippen molar-refractivity contribution < 1.29 is 14.4 Å². The van der Waals surface area contributed by atoms with Gasteiger partial charge in [0.2, 0.25) is 5.78 Å². The van der Waals surface area contributed by atoms with E-state index in [1.54, 1.807) is 42.5 Å². The molecular formula is C25H18N4O3. The minimum absolute atomic E-state index is 0.0902. The van der Waals surface area contributed by atoms with Crippen molar-refractivity contribution in [1.82, 2.24) is 20.3 Å². The van der Waals surface area contributed by atoms with E-state index < -0.39 is 6.04 Å². The first kappa shape index (κ1) is 19.6. The van der Waals surface area contributed by atoms with Crippen LogP contribution in [-0.2, 0) is 6.42 Å². The van der Waals surface area contributed by atoms with Crippen molar-refractivity contribution in [3.05, 3.63) is 107 Å². The number of rotatable bonds is 5. The first-order valence-corrected chi connectivity index (χ1v) is 10.2. The average molecular weight is 422 g/mol. The van der Waals surface area contributed by atoms with Gasteiger partial charge in [-0.1, -0.05) is 71.9 Å². The van der Waals surface area contributed by atoms with Crippen molar-refractivity contribution in [1.29, 1.82) is 0 Å². The minimum atomic E-state index is -0.837. The van der Waals surface area contributed by atoms with Crippen molar-refractivity contribution >= 4 is 28.5 Å². The quantitative estimate of drug-likeness (QED) is 0.531. The molecule has 1 aliphatic rings. The van der Waals surface area contributed by atoms with Crippen molar-refractivity contribution in [2.75, 3.05) is 0 Å². The summed E-state index contributed by atoms with van der Waals surface area (Å²) in [6, 6.07) is 22.4. The van der Waals surface area contributed by atoms with Gasteiger partial charge in [0.05, 0.1) is 11.2 Å². The third-order valence-electron chi connectivity index (χ3n) is 5.43. The lowest BCUT2D eigenvalue weighted by atomic mass is 9.92. The molecule has 0 unspecified atom stereocenters. The van der Waals surface area contributed by atoms with Gasteiger partial charge in [-0.3, -0.25) is 14.4 Å². The molecule has 0 bridgehead atoms. The standard InChI is InChI=1S/C25H18N4O3/c30-23-15-20(24(31)18-11-5-4-10-17(18)23)26-21(14-16-8-2-1-3-9-16)25(32)29-22-13-7-6-12-19(22)27-28-29/h1-13,15,21,26H,14H2/t21-/m0/s1. The van der Waals surface area contributed by atoms with Gasteiger partial charge in [0.1, 0.15) is 11.6 Å². The highest BCUT2D eigenvalue weighted by atomic mass is 16.2. The summed E-state index contributed by atoms with van der Waals surface area (Å²) in [7, 11) is 0. The molecule has 0 saturated carbocycles. The molecule has 4 aromatic rings. The summed E-state index contributed by atoms with van der Waals surface area (Å²) in [5.74, 6) is -0.975. The number of benzene rings is 3. The monoisotopic (exact) mass is 422 g/mol. The second kappa shape index (κ2) is 8.03. The molecule has 7 heteroatoms. The lowest BCUT2D eigenvalue weighted by Gasteiger charge is -2.22. The number of Topliss-reactive ketones (excluding diaryl/α,β-unsaturated/α-hetero) is 1. The van der Waals surface area contributed by atoms with Gasteiger partial charge in [0, 0.05) is 23.6 Å². The summed E-state index contributed by atoms with van der Waals surface area (Å²) in [5, 5.41) is 11.1. The number of nitrogens with zero attached hydrogens (tertiary/aromatic N) is 3. The zero-order valence-electron chi connectivity index (χ0n) is 16.9. The van der Waals surface area contributed by atoms with Crippen LogP contribution in [0.15, 0.2) is 90.6 Å². The van der Waals surface area contributed by atoms with E-state index in [-0.39, 0.29) is 23.2 Å². The van der Waals surface area contributed by atoms with Gasteiger partial charge in [0.25, 0.3) is 5.91 Å². The lowest BCUT2D eigenvalue weighted by Crippen LogP contribution is -2.44. The Hall–Kier alpha value is -4.39. The number of ketones is 2. The SMILES string of the molecule is O=C1C=C(N[C@@H](Cc2ccccc2)C(=O)n2nnc3ccccc32)C(=O)c2ccccc21. The molecule has 0 fully saturated rings. The average Bonchev–Trinajstić information content (AvgIpc) is 3.26. The molecule has 1 aliphatic carbocycles. The molecule has 0 aliphatic heterocycles. The van der Waals surface area contributed by atoms with Crippen LogP contribution < -0.4 is 5.32 Å². The zero-order valence-corrected chi connectivity index (χ0v) is 16.9. The summed E-state index contributed by atoms with van der Waals surface area (Å²) in [6.45, 7) is 0. The number of nitrogens with one attached hydrogen (secondary N) is 1. The van der Waals surface area contributed by atoms with Crippen LogP contribution in [0.4, 0.5) is 0 Å². The van der Waals surface area contributed by atoms with Crippen molar-refractivity contribution in [2.24, 2.45) is 0 Å². The number of hydrogen-bond acceptors (Lipinski definition) is 6. The Labute approximate surface area is 183 Å². The van der Waals surface area contributed by atoms with Crippen LogP contribution in [0.25, 0.3) is 11.0 Å². The number of aromatic nitrogens is 3. The Morgan fingerprint density at radius 2 is 1.56 bits per heavy atom. The first-order chi connectivity index (χ1) is 15.6. The maximum absolute atomic E-state index is 13.5. The molecule has 156 valence electrons. The van der Waals surface area contributed by atoms with Crippen LogP contribution in [0.3, 0.4) is 0 Å². The molecule has 0 radical (unpaired) electrons. The fourth-order valence-electron chi connectivity index (χ4n) is 3.84. The number of para-hydroxylation sites is 1. The maximum Gasteiger partial charge on any atom is 0.271 e. The molecule has 1 atom stereocenters. The summed E-state index contributed by atoms with van der Waals surface area (Å²) in [6.07, 6.45) is 1.56. The molecular weight excluding hydrogens is 404 g/mol. The number of carbonyl (C=O) groups excluding carboxylic acids is 3. The highest BCUT2D eigenvalue weighted by molar-refractivity contribution is 6.24. The molecule has 1 aromatic heterocycles. The Bertz CT molecular complexity index is 1390. The van der Waals surface area contributed by atoms with Crippen LogP contribution >= 0.6 is 0 Å². The van der Waals surface area contributed by atoms with Crippen LogP contribution in [0, 0.1) is 0 Å². The van der Waals surface area contributed by atoms with Crippen LogP contribution in [0.5, 0.6) is 0 Å². The Morgan fingerprint density at radius 3 is 2.38 bits per heavy atom.